The first-order valence-electron chi connectivity index (χ1n) is 9.09. The smallest absolute Gasteiger partial charge is 0.203 e. The fourth-order valence-corrected chi connectivity index (χ4v) is 3.16. The molecule has 0 fully saturated rings. The fraction of sp³-hybridized carbons (Fsp3) is 0.318. The number of aryl methyl sites for hydroxylation is 1. The molecule has 0 spiro atoms. The minimum absolute atomic E-state index is 0.590. The predicted octanol–water partition coefficient (Wildman–Crippen LogP) is 4.21. The molecule has 1 aromatic carbocycles. The molecule has 148 valence electrons. The van der Waals surface area contributed by atoms with E-state index < -0.39 is 0 Å². The monoisotopic (exact) mass is 382 g/mol. The number of furan rings is 1. The van der Waals surface area contributed by atoms with E-state index in [1.807, 2.05) is 55.6 Å². The molecule has 28 heavy (non-hydrogen) atoms. The average molecular weight is 382 g/mol. The van der Waals surface area contributed by atoms with Crippen LogP contribution in [0.5, 0.6) is 17.2 Å². The van der Waals surface area contributed by atoms with Gasteiger partial charge in [0.05, 0.1) is 33.6 Å². The normalized spacial score (nSPS) is 10.9. The van der Waals surface area contributed by atoms with Crippen LogP contribution in [0.3, 0.4) is 0 Å². The number of hydrogen-bond acceptors (Lipinski definition) is 6. The van der Waals surface area contributed by atoms with E-state index in [1.54, 1.807) is 21.3 Å². The van der Waals surface area contributed by atoms with E-state index in [-0.39, 0.29) is 0 Å². The molecule has 0 saturated heterocycles. The highest BCUT2D eigenvalue weighted by Gasteiger charge is 2.16. The molecule has 0 saturated carbocycles. The lowest BCUT2D eigenvalue weighted by Gasteiger charge is -2.22. The number of benzene rings is 1. The van der Waals surface area contributed by atoms with Gasteiger partial charge < -0.3 is 18.6 Å². The maximum atomic E-state index is 5.78. The second kappa shape index (κ2) is 9.28. The van der Waals surface area contributed by atoms with Crippen molar-refractivity contribution in [3.63, 3.8) is 0 Å². The number of pyridine rings is 1. The summed E-state index contributed by atoms with van der Waals surface area (Å²) in [4.78, 5) is 6.73. The lowest BCUT2D eigenvalue weighted by molar-refractivity contribution is 0.222. The Morgan fingerprint density at radius 3 is 2.18 bits per heavy atom. The van der Waals surface area contributed by atoms with Gasteiger partial charge in [0.1, 0.15) is 11.5 Å². The van der Waals surface area contributed by atoms with Crippen molar-refractivity contribution in [1.82, 2.24) is 9.88 Å². The minimum atomic E-state index is 0.590. The van der Waals surface area contributed by atoms with Crippen molar-refractivity contribution in [3.8, 4) is 17.2 Å². The first-order chi connectivity index (χ1) is 13.6. The number of aromatic nitrogens is 1. The Hall–Kier alpha value is -2.99. The molecular formula is C22H26N2O4. The van der Waals surface area contributed by atoms with Gasteiger partial charge in [0.2, 0.25) is 5.75 Å². The molecule has 0 N–H and O–H groups in total. The van der Waals surface area contributed by atoms with Crippen molar-refractivity contribution >= 4 is 0 Å². The lowest BCUT2D eigenvalue weighted by atomic mass is 10.1. The Balaban J connectivity index is 1.87. The van der Waals surface area contributed by atoms with Crippen LogP contribution >= 0.6 is 0 Å². The quantitative estimate of drug-likeness (QED) is 0.553. The molecule has 0 atom stereocenters. The van der Waals surface area contributed by atoms with Gasteiger partial charge in [-0.2, -0.15) is 0 Å². The Morgan fingerprint density at radius 1 is 0.893 bits per heavy atom. The summed E-state index contributed by atoms with van der Waals surface area (Å²) in [6, 6.07) is 13.9. The van der Waals surface area contributed by atoms with Gasteiger partial charge in [0, 0.05) is 19.3 Å². The van der Waals surface area contributed by atoms with E-state index in [0.717, 1.165) is 22.8 Å². The highest BCUT2D eigenvalue weighted by atomic mass is 16.5. The number of ether oxygens (including phenoxy) is 3. The number of rotatable bonds is 9. The zero-order valence-electron chi connectivity index (χ0n) is 16.8. The van der Waals surface area contributed by atoms with Crippen molar-refractivity contribution in [3.05, 3.63) is 71.4 Å². The molecule has 0 aliphatic heterocycles. The molecule has 6 nitrogen and oxygen atoms in total. The number of hydrogen-bond donors (Lipinski definition) is 0. The van der Waals surface area contributed by atoms with Crippen LogP contribution in [0.15, 0.2) is 53.1 Å². The van der Waals surface area contributed by atoms with Gasteiger partial charge in [-0.3, -0.25) is 9.88 Å². The maximum Gasteiger partial charge on any atom is 0.203 e. The van der Waals surface area contributed by atoms with Gasteiger partial charge in [0.15, 0.2) is 11.5 Å². The highest BCUT2D eigenvalue weighted by molar-refractivity contribution is 5.53. The van der Waals surface area contributed by atoms with Gasteiger partial charge in [-0.05, 0) is 48.9 Å². The van der Waals surface area contributed by atoms with E-state index in [9.17, 15) is 0 Å². The van der Waals surface area contributed by atoms with Crippen LogP contribution in [0.4, 0.5) is 0 Å². The van der Waals surface area contributed by atoms with E-state index in [4.69, 9.17) is 18.6 Å². The van der Waals surface area contributed by atoms with Crippen LogP contribution in [-0.2, 0) is 19.6 Å². The summed E-state index contributed by atoms with van der Waals surface area (Å²) in [7, 11) is 4.85. The first-order valence-corrected chi connectivity index (χ1v) is 9.09. The molecule has 0 radical (unpaired) electrons. The Kier molecular flexibility index (Phi) is 6.55. The number of nitrogens with zero attached hydrogens (tertiary/aromatic N) is 2. The lowest BCUT2D eigenvalue weighted by Crippen LogP contribution is -2.22. The average Bonchev–Trinajstić information content (AvgIpc) is 3.12. The molecule has 0 unspecified atom stereocenters. The third kappa shape index (κ3) is 4.84. The molecule has 3 rings (SSSR count). The molecule has 0 aliphatic rings. The van der Waals surface area contributed by atoms with Crippen molar-refractivity contribution in [1.29, 1.82) is 0 Å². The standard InChI is InChI=1S/C22H26N2O4/c1-16-8-9-19(28-16)15-24(14-18-7-5-6-10-23-18)13-17-11-20(25-2)22(27-4)21(12-17)26-3/h5-12H,13-15H2,1-4H3. The second-order valence-corrected chi connectivity index (χ2v) is 6.51. The molecule has 6 heteroatoms. The van der Waals surface area contributed by atoms with E-state index in [1.165, 1.54) is 0 Å². The van der Waals surface area contributed by atoms with E-state index >= 15 is 0 Å². The third-order valence-corrected chi connectivity index (χ3v) is 4.42. The highest BCUT2D eigenvalue weighted by Crippen LogP contribution is 2.38. The van der Waals surface area contributed by atoms with E-state index in [2.05, 4.69) is 9.88 Å². The van der Waals surface area contributed by atoms with Crippen molar-refractivity contribution in [2.75, 3.05) is 21.3 Å². The first kappa shape index (κ1) is 19.8. The van der Waals surface area contributed by atoms with Gasteiger partial charge in [-0.25, -0.2) is 0 Å². The molecule has 0 aliphatic carbocycles. The molecule has 0 amide bonds. The van der Waals surface area contributed by atoms with Crippen molar-refractivity contribution in [2.45, 2.75) is 26.6 Å². The van der Waals surface area contributed by atoms with Crippen LogP contribution in [0, 0.1) is 6.92 Å². The van der Waals surface area contributed by atoms with Crippen LogP contribution in [0.1, 0.15) is 22.8 Å². The molecule has 3 aromatic rings. The molecule has 2 heterocycles. The minimum Gasteiger partial charge on any atom is -0.493 e. The SMILES string of the molecule is COc1cc(CN(Cc2ccccn2)Cc2ccc(C)o2)cc(OC)c1OC. The molecular weight excluding hydrogens is 356 g/mol. The fourth-order valence-electron chi connectivity index (χ4n) is 3.16. The van der Waals surface area contributed by atoms with Gasteiger partial charge >= 0.3 is 0 Å². The molecule has 0 bridgehead atoms. The summed E-state index contributed by atoms with van der Waals surface area (Å²) >= 11 is 0. The largest absolute Gasteiger partial charge is 0.493 e. The predicted molar refractivity (Wildman–Crippen MR) is 107 cm³/mol. The van der Waals surface area contributed by atoms with Crippen molar-refractivity contribution in [2.24, 2.45) is 0 Å². The third-order valence-electron chi connectivity index (χ3n) is 4.42. The zero-order chi connectivity index (χ0) is 19.9. The van der Waals surface area contributed by atoms with Crippen molar-refractivity contribution < 1.29 is 18.6 Å². The van der Waals surface area contributed by atoms with Crippen LogP contribution in [0.25, 0.3) is 0 Å². The van der Waals surface area contributed by atoms with Crippen LogP contribution < -0.4 is 14.2 Å². The summed E-state index contributed by atoms with van der Waals surface area (Å²) in [5, 5.41) is 0. The summed E-state index contributed by atoms with van der Waals surface area (Å²) in [6.45, 7) is 3.98. The van der Waals surface area contributed by atoms with E-state index in [0.29, 0.717) is 36.9 Å². The van der Waals surface area contributed by atoms with Gasteiger partial charge in [-0.1, -0.05) is 6.07 Å². The Labute approximate surface area is 165 Å². The summed E-state index contributed by atoms with van der Waals surface area (Å²) in [6.07, 6.45) is 1.81. The number of methoxy groups -OCH3 is 3. The van der Waals surface area contributed by atoms with Crippen LogP contribution in [0.2, 0.25) is 0 Å². The Morgan fingerprint density at radius 2 is 1.64 bits per heavy atom. The Bertz CT molecular complexity index is 868. The zero-order valence-corrected chi connectivity index (χ0v) is 16.8. The van der Waals surface area contributed by atoms with Gasteiger partial charge in [-0.15, -0.1) is 0 Å². The summed E-state index contributed by atoms with van der Waals surface area (Å²) in [5.74, 6) is 3.69. The summed E-state index contributed by atoms with van der Waals surface area (Å²) in [5.41, 5.74) is 2.05. The van der Waals surface area contributed by atoms with Crippen LogP contribution in [-0.4, -0.2) is 31.2 Å². The summed E-state index contributed by atoms with van der Waals surface area (Å²) < 4.78 is 22.2. The topological polar surface area (TPSA) is 57.0 Å². The molecule has 2 aromatic heterocycles. The second-order valence-electron chi connectivity index (χ2n) is 6.51. The van der Waals surface area contributed by atoms with Gasteiger partial charge in [0.25, 0.3) is 0 Å². The maximum absolute atomic E-state index is 5.78.